The summed E-state index contributed by atoms with van der Waals surface area (Å²) in [5.74, 6) is 0.676. The standard InChI is InChI=1S/C13H28N2O2S/c1-11(2)15-9-6-13(7-10-15)5-8-14-18(16,17)12(3)4/h11-14H,5-10H2,1-4H3. The van der Waals surface area contributed by atoms with Crippen molar-refractivity contribution in [2.45, 2.75) is 58.2 Å². The van der Waals surface area contributed by atoms with Crippen molar-refractivity contribution in [3.8, 4) is 0 Å². The van der Waals surface area contributed by atoms with E-state index in [1.165, 1.54) is 12.8 Å². The monoisotopic (exact) mass is 276 g/mol. The molecule has 0 aromatic heterocycles. The molecule has 0 spiro atoms. The lowest BCUT2D eigenvalue weighted by Gasteiger charge is -2.34. The zero-order valence-corrected chi connectivity index (χ0v) is 13.0. The van der Waals surface area contributed by atoms with Gasteiger partial charge in [0, 0.05) is 12.6 Å². The lowest BCUT2D eigenvalue weighted by molar-refractivity contribution is 0.146. The highest BCUT2D eigenvalue weighted by Gasteiger charge is 2.21. The van der Waals surface area contributed by atoms with Gasteiger partial charge in [-0.05, 0) is 66.0 Å². The summed E-state index contributed by atoms with van der Waals surface area (Å²) in [5.41, 5.74) is 0. The van der Waals surface area contributed by atoms with Crippen molar-refractivity contribution < 1.29 is 8.42 Å². The molecule has 1 saturated heterocycles. The minimum Gasteiger partial charge on any atom is -0.301 e. The molecular weight excluding hydrogens is 248 g/mol. The molecule has 1 aliphatic rings. The summed E-state index contributed by atoms with van der Waals surface area (Å²) in [4.78, 5) is 2.49. The van der Waals surface area contributed by atoms with Crippen LogP contribution in [-0.2, 0) is 10.0 Å². The summed E-state index contributed by atoms with van der Waals surface area (Å²) in [5, 5.41) is -0.333. The summed E-state index contributed by atoms with van der Waals surface area (Å²) < 4.78 is 25.9. The highest BCUT2D eigenvalue weighted by molar-refractivity contribution is 7.90. The van der Waals surface area contributed by atoms with Crippen molar-refractivity contribution >= 4 is 10.0 Å². The second kappa shape index (κ2) is 6.87. The first-order valence-electron chi connectivity index (χ1n) is 7.05. The fraction of sp³-hybridized carbons (Fsp3) is 1.00. The normalized spacial score (nSPS) is 19.9. The molecule has 1 rings (SSSR count). The van der Waals surface area contributed by atoms with Crippen molar-refractivity contribution in [2.75, 3.05) is 19.6 Å². The van der Waals surface area contributed by atoms with E-state index in [0.29, 0.717) is 18.5 Å². The van der Waals surface area contributed by atoms with Gasteiger partial charge in [-0.3, -0.25) is 0 Å². The molecule has 0 radical (unpaired) electrons. The molecule has 0 aromatic rings. The number of sulfonamides is 1. The molecule has 5 heteroatoms. The lowest BCUT2D eigenvalue weighted by Crippen LogP contribution is -2.39. The van der Waals surface area contributed by atoms with Crippen LogP contribution in [0.1, 0.15) is 47.0 Å². The van der Waals surface area contributed by atoms with Crippen LogP contribution in [0.4, 0.5) is 0 Å². The van der Waals surface area contributed by atoms with E-state index in [-0.39, 0.29) is 5.25 Å². The molecular formula is C13H28N2O2S. The summed E-state index contributed by atoms with van der Waals surface area (Å²) >= 11 is 0. The fourth-order valence-electron chi connectivity index (χ4n) is 2.33. The van der Waals surface area contributed by atoms with E-state index in [0.717, 1.165) is 19.5 Å². The number of piperidine rings is 1. The van der Waals surface area contributed by atoms with E-state index >= 15 is 0 Å². The van der Waals surface area contributed by atoms with Gasteiger partial charge < -0.3 is 4.90 Å². The molecule has 4 nitrogen and oxygen atoms in total. The van der Waals surface area contributed by atoms with Gasteiger partial charge in [-0.25, -0.2) is 13.1 Å². The Bertz CT molecular complexity index is 331. The van der Waals surface area contributed by atoms with E-state index in [4.69, 9.17) is 0 Å². The van der Waals surface area contributed by atoms with E-state index in [2.05, 4.69) is 23.5 Å². The Morgan fingerprint density at radius 1 is 1.17 bits per heavy atom. The highest BCUT2D eigenvalue weighted by Crippen LogP contribution is 2.21. The van der Waals surface area contributed by atoms with Crippen molar-refractivity contribution in [2.24, 2.45) is 5.92 Å². The third-order valence-corrected chi connectivity index (χ3v) is 5.70. The average molecular weight is 276 g/mol. The molecule has 1 aliphatic heterocycles. The van der Waals surface area contributed by atoms with Crippen LogP contribution in [0.15, 0.2) is 0 Å². The van der Waals surface area contributed by atoms with Crippen LogP contribution < -0.4 is 4.72 Å². The number of hydrogen-bond donors (Lipinski definition) is 1. The second-order valence-electron chi connectivity index (χ2n) is 5.85. The summed E-state index contributed by atoms with van der Waals surface area (Å²) in [6.45, 7) is 10.8. The molecule has 1 fully saturated rings. The van der Waals surface area contributed by atoms with Gasteiger partial charge in [0.05, 0.1) is 5.25 Å². The Hall–Kier alpha value is -0.130. The summed E-state index contributed by atoms with van der Waals surface area (Å²) in [6, 6.07) is 0.630. The molecule has 0 bridgehead atoms. The molecule has 1 N–H and O–H groups in total. The van der Waals surface area contributed by atoms with Crippen LogP contribution in [-0.4, -0.2) is 44.2 Å². The lowest BCUT2D eigenvalue weighted by atomic mass is 9.93. The second-order valence-corrected chi connectivity index (χ2v) is 8.17. The predicted molar refractivity (Wildman–Crippen MR) is 76.1 cm³/mol. The summed E-state index contributed by atoms with van der Waals surface area (Å²) in [6.07, 6.45) is 3.36. The van der Waals surface area contributed by atoms with Gasteiger partial charge in [-0.2, -0.15) is 0 Å². The Labute approximate surface area is 112 Å². The van der Waals surface area contributed by atoms with Gasteiger partial charge in [-0.15, -0.1) is 0 Å². The van der Waals surface area contributed by atoms with Gasteiger partial charge >= 0.3 is 0 Å². The van der Waals surface area contributed by atoms with Crippen molar-refractivity contribution in [1.82, 2.24) is 9.62 Å². The minimum absolute atomic E-state index is 0.333. The largest absolute Gasteiger partial charge is 0.301 e. The first-order chi connectivity index (χ1) is 8.33. The first-order valence-corrected chi connectivity index (χ1v) is 8.60. The van der Waals surface area contributed by atoms with Crippen LogP contribution in [0.5, 0.6) is 0 Å². The molecule has 0 atom stereocenters. The zero-order chi connectivity index (χ0) is 13.8. The van der Waals surface area contributed by atoms with E-state index in [9.17, 15) is 8.42 Å². The third-order valence-electron chi connectivity index (χ3n) is 3.86. The van der Waals surface area contributed by atoms with Crippen molar-refractivity contribution in [1.29, 1.82) is 0 Å². The quantitative estimate of drug-likeness (QED) is 0.805. The van der Waals surface area contributed by atoms with Crippen LogP contribution in [0.25, 0.3) is 0 Å². The van der Waals surface area contributed by atoms with Gasteiger partial charge in [0.15, 0.2) is 0 Å². The zero-order valence-electron chi connectivity index (χ0n) is 12.1. The Morgan fingerprint density at radius 3 is 2.17 bits per heavy atom. The topological polar surface area (TPSA) is 49.4 Å². The van der Waals surface area contributed by atoms with Crippen LogP contribution >= 0.6 is 0 Å². The Balaban J connectivity index is 2.23. The molecule has 1 heterocycles. The molecule has 108 valence electrons. The van der Waals surface area contributed by atoms with Crippen LogP contribution in [0, 0.1) is 5.92 Å². The maximum Gasteiger partial charge on any atom is 0.213 e. The average Bonchev–Trinajstić information content (AvgIpc) is 2.29. The number of nitrogens with one attached hydrogen (secondary N) is 1. The van der Waals surface area contributed by atoms with Crippen LogP contribution in [0.3, 0.4) is 0 Å². The number of likely N-dealkylation sites (tertiary alicyclic amines) is 1. The molecule has 0 aliphatic carbocycles. The van der Waals surface area contributed by atoms with Gasteiger partial charge in [0.1, 0.15) is 0 Å². The van der Waals surface area contributed by atoms with Gasteiger partial charge in [0.2, 0.25) is 10.0 Å². The molecule has 0 aromatic carbocycles. The van der Waals surface area contributed by atoms with Crippen LogP contribution in [0.2, 0.25) is 0 Å². The molecule has 0 unspecified atom stereocenters. The van der Waals surface area contributed by atoms with Gasteiger partial charge in [0.25, 0.3) is 0 Å². The molecule has 18 heavy (non-hydrogen) atoms. The number of nitrogens with zero attached hydrogens (tertiary/aromatic N) is 1. The van der Waals surface area contributed by atoms with E-state index in [1.807, 2.05) is 0 Å². The van der Waals surface area contributed by atoms with Gasteiger partial charge in [-0.1, -0.05) is 0 Å². The molecule has 0 amide bonds. The van der Waals surface area contributed by atoms with E-state index in [1.54, 1.807) is 13.8 Å². The Kier molecular flexibility index (Phi) is 6.08. The van der Waals surface area contributed by atoms with E-state index < -0.39 is 10.0 Å². The minimum atomic E-state index is -3.08. The Morgan fingerprint density at radius 2 is 1.72 bits per heavy atom. The predicted octanol–water partition coefficient (Wildman–Crippen LogP) is 1.82. The maximum atomic E-state index is 11.6. The molecule has 0 saturated carbocycles. The smallest absolute Gasteiger partial charge is 0.213 e. The van der Waals surface area contributed by atoms with Crippen molar-refractivity contribution in [3.05, 3.63) is 0 Å². The third kappa shape index (κ3) is 4.86. The SMILES string of the molecule is CC(C)N1CCC(CCNS(=O)(=O)C(C)C)CC1. The number of hydrogen-bond acceptors (Lipinski definition) is 3. The summed E-state index contributed by atoms with van der Waals surface area (Å²) in [7, 11) is -3.08. The maximum absolute atomic E-state index is 11.6. The highest BCUT2D eigenvalue weighted by atomic mass is 32.2. The fourth-order valence-corrected chi connectivity index (χ4v) is 3.07. The number of rotatable bonds is 6. The first kappa shape index (κ1) is 15.9. The van der Waals surface area contributed by atoms with Crippen molar-refractivity contribution in [3.63, 3.8) is 0 Å².